The van der Waals surface area contributed by atoms with E-state index in [9.17, 15) is 9.59 Å². The van der Waals surface area contributed by atoms with Gasteiger partial charge in [-0.2, -0.15) is 0 Å². The van der Waals surface area contributed by atoms with E-state index >= 15 is 0 Å². The van der Waals surface area contributed by atoms with Crippen molar-refractivity contribution in [1.82, 2.24) is 4.90 Å². The molecule has 0 aromatic carbocycles. The van der Waals surface area contributed by atoms with E-state index in [-0.39, 0.29) is 17.9 Å². The Morgan fingerprint density at radius 3 is 2.71 bits per heavy atom. The van der Waals surface area contributed by atoms with Crippen molar-refractivity contribution >= 4 is 11.9 Å². The number of hydrogen-bond acceptors (Lipinski definition) is 4. The van der Waals surface area contributed by atoms with Gasteiger partial charge in [-0.1, -0.05) is 0 Å². The molecule has 2 unspecified atom stereocenters. The Morgan fingerprint density at radius 1 is 1.35 bits per heavy atom. The number of carbonyl (C=O) groups is 2. The summed E-state index contributed by atoms with van der Waals surface area (Å²) in [4.78, 5) is 24.7. The van der Waals surface area contributed by atoms with Crippen LogP contribution < -0.4 is 5.73 Å². The first kappa shape index (κ1) is 12.3. The maximum atomic E-state index is 12.2. The minimum atomic E-state index is -0.825. The number of hydrogen-bond donors (Lipinski definition) is 2. The Labute approximate surface area is 99.7 Å². The zero-order valence-electron chi connectivity index (χ0n) is 9.67. The van der Waals surface area contributed by atoms with Gasteiger partial charge in [0.05, 0.1) is 25.0 Å². The molecule has 2 aliphatic heterocycles. The average molecular weight is 242 g/mol. The van der Waals surface area contributed by atoms with Gasteiger partial charge in [0.25, 0.3) is 0 Å². The maximum absolute atomic E-state index is 12.2. The summed E-state index contributed by atoms with van der Waals surface area (Å²) in [5.41, 5.74) is 5.79. The third-order valence-corrected chi connectivity index (χ3v) is 3.52. The van der Waals surface area contributed by atoms with Crippen LogP contribution in [-0.2, 0) is 14.3 Å². The quantitative estimate of drug-likeness (QED) is 0.667. The molecule has 2 saturated heterocycles. The molecule has 0 bridgehead atoms. The predicted molar refractivity (Wildman–Crippen MR) is 59.2 cm³/mol. The van der Waals surface area contributed by atoms with Crippen LogP contribution in [0.5, 0.6) is 0 Å². The topological polar surface area (TPSA) is 92.9 Å². The van der Waals surface area contributed by atoms with Crippen molar-refractivity contribution in [2.75, 3.05) is 26.3 Å². The lowest BCUT2D eigenvalue weighted by Crippen LogP contribution is -2.48. The summed E-state index contributed by atoms with van der Waals surface area (Å²) in [5, 5.41) is 8.97. The minimum Gasteiger partial charge on any atom is -0.481 e. The molecular weight excluding hydrogens is 224 g/mol. The van der Waals surface area contributed by atoms with E-state index in [0.717, 1.165) is 6.42 Å². The van der Waals surface area contributed by atoms with E-state index in [0.29, 0.717) is 32.7 Å². The number of piperidine rings is 1. The molecule has 0 saturated carbocycles. The summed E-state index contributed by atoms with van der Waals surface area (Å²) in [5.74, 6) is -1.62. The van der Waals surface area contributed by atoms with Crippen LogP contribution in [-0.4, -0.2) is 54.2 Å². The Hall–Kier alpha value is -1.14. The summed E-state index contributed by atoms with van der Waals surface area (Å²) in [6, 6.07) is -0.257. The number of carbonyl (C=O) groups excluding carboxylic acids is 1. The monoisotopic (exact) mass is 242 g/mol. The van der Waals surface area contributed by atoms with E-state index in [2.05, 4.69) is 0 Å². The molecule has 2 heterocycles. The Balaban J connectivity index is 1.97. The van der Waals surface area contributed by atoms with Gasteiger partial charge in [-0.25, -0.2) is 0 Å². The first-order chi connectivity index (χ1) is 8.09. The van der Waals surface area contributed by atoms with Crippen LogP contribution >= 0.6 is 0 Å². The summed E-state index contributed by atoms with van der Waals surface area (Å²) < 4.78 is 5.17. The van der Waals surface area contributed by atoms with Crippen molar-refractivity contribution in [2.24, 2.45) is 17.6 Å². The fourth-order valence-electron chi connectivity index (χ4n) is 2.44. The highest BCUT2D eigenvalue weighted by atomic mass is 16.5. The average Bonchev–Trinajstić information content (AvgIpc) is 2.74. The molecule has 0 aromatic rings. The van der Waals surface area contributed by atoms with Crippen LogP contribution in [0.15, 0.2) is 0 Å². The minimum absolute atomic E-state index is 0.0547. The number of amides is 1. The fraction of sp³-hybridized carbons (Fsp3) is 0.818. The van der Waals surface area contributed by atoms with Crippen molar-refractivity contribution in [1.29, 1.82) is 0 Å². The molecule has 6 nitrogen and oxygen atoms in total. The maximum Gasteiger partial charge on any atom is 0.308 e. The first-order valence-corrected chi connectivity index (χ1v) is 5.94. The largest absolute Gasteiger partial charge is 0.481 e. The van der Waals surface area contributed by atoms with Gasteiger partial charge >= 0.3 is 5.97 Å². The molecule has 2 rings (SSSR count). The molecule has 6 heteroatoms. The highest BCUT2D eigenvalue weighted by Crippen LogP contribution is 2.21. The highest BCUT2D eigenvalue weighted by molar-refractivity contribution is 5.81. The standard InChI is InChI=1S/C11H18N2O4/c12-9-6-17-5-8(9)10(14)13-3-1-2-7(4-13)11(15)16/h7-9H,1-6,12H2,(H,15,16)/t7-,8?,9?/m1/s1. The fourth-order valence-corrected chi connectivity index (χ4v) is 2.44. The normalized spacial score (nSPS) is 33.7. The molecule has 17 heavy (non-hydrogen) atoms. The lowest BCUT2D eigenvalue weighted by Gasteiger charge is -2.32. The van der Waals surface area contributed by atoms with E-state index in [1.54, 1.807) is 4.90 Å². The van der Waals surface area contributed by atoms with E-state index in [4.69, 9.17) is 15.6 Å². The smallest absolute Gasteiger partial charge is 0.308 e. The van der Waals surface area contributed by atoms with Crippen LogP contribution in [0.2, 0.25) is 0 Å². The van der Waals surface area contributed by atoms with Crippen LogP contribution in [0.1, 0.15) is 12.8 Å². The van der Waals surface area contributed by atoms with Gasteiger partial charge in [0.1, 0.15) is 0 Å². The van der Waals surface area contributed by atoms with Gasteiger partial charge in [0, 0.05) is 19.1 Å². The first-order valence-electron chi connectivity index (χ1n) is 5.94. The second-order valence-electron chi connectivity index (χ2n) is 4.77. The summed E-state index contributed by atoms with van der Waals surface area (Å²) in [6.45, 7) is 1.70. The molecule has 0 aliphatic carbocycles. The Kier molecular flexibility index (Phi) is 3.63. The zero-order valence-corrected chi connectivity index (χ0v) is 9.67. The number of rotatable bonds is 2. The second kappa shape index (κ2) is 5.01. The van der Waals surface area contributed by atoms with Crippen LogP contribution in [0, 0.1) is 11.8 Å². The number of carboxylic acid groups (broad SMARTS) is 1. The van der Waals surface area contributed by atoms with Crippen molar-refractivity contribution < 1.29 is 19.4 Å². The van der Waals surface area contributed by atoms with Crippen molar-refractivity contribution in [3.63, 3.8) is 0 Å². The molecule has 96 valence electrons. The molecular formula is C11H18N2O4. The highest BCUT2D eigenvalue weighted by Gasteiger charge is 2.37. The number of carboxylic acids is 1. The lowest BCUT2D eigenvalue weighted by molar-refractivity contribution is -0.146. The zero-order chi connectivity index (χ0) is 12.4. The van der Waals surface area contributed by atoms with Crippen molar-refractivity contribution in [2.45, 2.75) is 18.9 Å². The summed E-state index contributed by atoms with van der Waals surface area (Å²) >= 11 is 0. The van der Waals surface area contributed by atoms with E-state index < -0.39 is 11.9 Å². The SMILES string of the molecule is NC1COCC1C(=O)N1CCC[C@@H](C(=O)O)C1. The third kappa shape index (κ3) is 2.58. The lowest BCUT2D eigenvalue weighted by atomic mass is 9.95. The van der Waals surface area contributed by atoms with E-state index in [1.165, 1.54) is 0 Å². The Bertz CT molecular complexity index is 321. The van der Waals surface area contributed by atoms with Crippen LogP contribution in [0.3, 0.4) is 0 Å². The molecule has 3 atom stereocenters. The molecule has 0 radical (unpaired) electrons. The van der Waals surface area contributed by atoms with Gasteiger partial charge in [-0.15, -0.1) is 0 Å². The number of likely N-dealkylation sites (tertiary alicyclic amines) is 1. The van der Waals surface area contributed by atoms with Gasteiger partial charge in [0.2, 0.25) is 5.91 Å². The van der Waals surface area contributed by atoms with Crippen LogP contribution in [0.25, 0.3) is 0 Å². The molecule has 0 spiro atoms. The Morgan fingerprint density at radius 2 is 2.12 bits per heavy atom. The van der Waals surface area contributed by atoms with E-state index in [1.807, 2.05) is 0 Å². The number of nitrogens with zero attached hydrogens (tertiary/aromatic N) is 1. The van der Waals surface area contributed by atoms with Crippen molar-refractivity contribution in [3.05, 3.63) is 0 Å². The molecule has 2 aliphatic rings. The summed E-state index contributed by atoms with van der Waals surface area (Å²) in [7, 11) is 0. The molecule has 1 amide bonds. The number of ether oxygens (including phenoxy) is 1. The molecule has 3 N–H and O–H groups in total. The number of aliphatic carboxylic acids is 1. The molecule has 2 fully saturated rings. The number of nitrogens with two attached hydrogens (primary N) is 1. The second-order valence-corrected chi connectivity index (χ2v) is 4.77. The van der Waals surface area contributed by atoms with Gasteiger partial charge in [-0.05, 0) is 12.8 Å². The van der Waals surface area contributed by atoms with Gasteiger partial charge in [-0.3, -0.25) is 9.59 Å². The van der Waals surface area contributed by atoms with Gasteiger partial charge in [0.15, 0.2) is 0 Å². The van der Waals surface area contributed by atoms with Gasteiger partial charge < -0.3 is 20.5 Å². The summed E-state index contributed by atoms with van der Waals surface area (Å²) in [6.07, 6.45) is 1.39. The van der Waals surface area contributed by atoms with Crippen LogP contribution in [0.4, 0.5) is 0 Å². The third-order valence-electron chi connectivity index (χ3n) is 3.52. The predicted octanol–water partition coefficient (Wildman–Crippen LogP) is -0.717. The molecule has 0 aromatic heterocycles. The van der Waals surface area contributed by atoms with Crippen molar-refractivity contribution in [3.8, 4) is 0 Å².